The molecule has 30 heavy (non-hydrogen) atoms. The Balaban J connectivity index is 1.42. The van der Waals surface area contributed by atoms with Gasteiger partial charge in [-0.2, -0.15) is 4.31 Å². The number of ether oxygens (including phenoxy) is 1. The highest BCUT2D eigenvalue weighted by Crippen LogP contribution is 2.27. The zero-order valence-corrected chi connectivity index (χ0v) is 18.1. The number of carbonyl (C=O) groups is 1. The highest BCUT2D eigenvalue weighted by molar-refractivity contribution is 7.89. The van der Waals surface area contributed by atoms with E-state index in [1.54, 1.807) is 17.0 Å². The van der Waals surface area contributed by atoms with Gasteiger partial charge >= 0.3 is 0 Å². The Bertz CT molecular complexity index is 1070. The van der Waals surface area contributed by atoms with Crippen molar-refractivity contribution < 1.29 is 17.9 Å². The first-order valence-electron chi connectivity index (χ1n) is 10.2. The number of nitrogens with zero attached hydrogens (tertiary/aromatic N) is 2. The van der Waals surface area contributed by atoms with Gasteiger partial charge in [0.1, 0.15) is 12.4 Å². The number of amides is 1. The van der Waals surface area contributed by atoms with Crippen molar-refractivity contribution in [2.45, 2.75) is 24.7 Å². The molecule has 4 rings (SSSR count). The molecule has 2 aliphatic heterocycles. The van der Waals surface area contributed by atoms with Gasteiger partial charge in [-0.1, -0.05) is 44.2 Å². The van der Waals surface area contributed by atoms with Gasteiger partial charge < -0.3 is 9.64 Å². The van der Waals surface area contributed by atoms with E-state index in [2.05, 4.69) is 13.8 Å². The van der Waals surface area contributed by atoms with Crippen molar-refractivity contribution in [3.63, 3.8) is 0 Å². The number of sulfonamides is 1. The number of fused-ring (bicyclic) bond motifs is 1. The van der Waals surface area contributed by atoms with Gasteiger partial charge in [-0.05, 0) is 35.8 Å². The van der Waals surface area contributed by atoms with Crippen LogP contribution in [-0.4, -0.2) is 56.3 Å². The lowest BCUT2D eigenvalue weighted by molar-refractivity contribution is -0.128. The molecule has 1 saturated heterocycles. The summed E-state index contributed by atoms with van der Waals surface area (Å²) in [5, 5.41) is 0. The van der Waals surface area contributed by atoms with Crippen molar-refractivity contribution in [1.82, 2.24) is 9.21 Å². The molecule has 158 valence electrons. The van der Waals surface area contributed by atoms with Crippen LogP contribution >= 0.6 is 0 Å². The number of benzene rings is 2. The number of para-hydroxylation sites is 1. The van der Waals surface area contributed by atoms with Crippen molar-refractivity contribution >= 4 is 22.0 Å². The third-order valence-corrected chi connectivity index (χ3v) is 7.53. The van der Waals surface area contributed by atoms with Gasteiger partial charge in [0, 0.05) is 31.7 Å². The Hall–Kier alpha value is -2.64. The predicted octanol–water partition coefficient (Wildman–Crippen LogP) is 3.12. The van der Waals surface area contributed by atoms with Crippen LogP contribution in [0.5, 0.6) is 5.75 Å². The van der Waals surface area contributed by atoms with Gasteiger partial charge in [0.15, 0.2) is 0 Å². The van der Waals surface area contributed by atoms with Crippen molar-refractivity contribution in [3.05, 3.63) is 65.2 Å². The number of piperazine rings is 1. The molecule has 0 aliphatic carbocycles. The third kappa shape index (κ3) is 4.00. The first-order chi connectivity index (χ1) is 14.4. The van der Waals surface area contributed by atoms with E-state index >= 15 is 0 Å². The lowest BCUT2D eigenvalue weighted by Crippen LogP contribution is -2.51. The summed E-state index contributed by atoms with van der Waals surface area (Å²) in [4.78, 5) is 14.9. The molecule has 6 nitrogen and oxygen atoms in total. The summed E-state index contributed by atoms with van der Waals surface area (Å²) in [7, 11) is -3.56. The molecule has 1 amide bonds. The number of rotatable bonds is 4. The summed E-state index contributed by atoms with van der Waals surface area (Å²) in [5.74, 6) is 1.03. The minimum Gasteiger partial charge on any atom is -0.488 e. The Morgan fingerprint density at radius 2 is 1.63 bits per heavy atom. The second kappa shape index (κ2) is 8.24. The quantitative estimate of drug-likeness (QED) is 0.753. The van der Waals surface area contributed by atoms with Crippen LogP contribution in [0.3, 0.4) is 0 Å². The number of hydrogen-bond donors (Lipinski definition) is 0. The van der Waals surface area contributed by atoms with E-state index in [4.69, 9.17) is 4.74 Å². The molecule has 0 radical (unpaired) electrons. The topological polar surface area (TPSA) is 66.9 Å². The second-order valence-electron chi connectivity index (χ2n) is 7.92. The standard InChI is InChI=1S/C23H26N2O4S/c1-17(2)18-7-9-21(10-8-18)30(27,28)25-13-11-24(12-14-25)23(26)20-15-19-5-3-4-6-22(19)29-16-20/h3-10,15,17H,11-14,16H2,1-2H3. The fraction of sp³-hybridized carbons (Fsp3) is 0.348. The summed E-state index contributed by atoms with van der Waals surface area (Å²) in [5.41, 5.74) is 2.58. The van der Waals surface area contributed by atoms with E-state index in [0.717, 1.165) is 16.9 Å². The molecule has 0 aromatic heterocycles. The van der Waals surface area contributed by atoms with Crippen LogP contribution in [0.2, 0.25) is 0 Å². The minimum atomic E-state index is -3.56. The molecular weight excluding hydrogens is 400 g/mol. The number of carbonyl (C=O) groups excluding carboxylic acids is 1. The summed E-state index contributed by atoms with van der Waals surface area (Å²) < 4.78 is 33.1. The van der Waals surface area contributed by atoms with Crippen LogP contribution in [0.1, 0.15) is 30.9 Å². The summed E-state index contributed by atoms with van der Waals surface area (Å²) in [6, 6.07) is 14.7. The molecule has 0 atom stereocenters. The van der Waals surface area contributed by atoms with E-state index in [-0.39, 0.29) is 25.6 Å². The smallest absolute Gasteiger partial charge is 0.253 e. The van der Waals surface area contributed by atoms with E-state index in [9.17, 15) is 13.2 Å². The maximum atomic E-state index is 13.0. The monoisotopic (exact) mass is 426 g/mol. The zero-order valence-electron chi connectivity index (χ0n) is 17.2. The van der Waals surface area contributed by atoms with Crippen LogP contribution in [0.15, 0.2) is 59.0 Å². The van der Waals surface area contributed by atoms with Gasteiger partial charge in [-0.15, -0.1) is 0 Å². The largest absolute Gasteiger partial charge is 0.488 e. The maximum absolute atomic E-state index is 13.0. The average molecular weight is 427 g/mol. The van der Waals surface area contributed by atoms with Crippen LogP contribution in [0.25, 0.3) is 6.08 Å². The van der Waals surface area contributed by atoms with E-state index < -0.39 is 10.0 Å². The van der Waals surface area contributed by atoms with Gasteiger partial charge in [0.05, 0.1) is 10.5 Å². The van der Waals surface area contributed by atoms with Crippen LogP contribution in [0, 0.1) is 0 Å². The van der Waals surface area contributed by atoms with Crippen LogP contribution in [-0.2, 0) is 14.8 Å². The molecule has 7 heteroatoms. The molecule has 1 fully saturated rings. The fourth-order valence-electron chi connectivity index (χ4n) is 3.75. The van der Waals surface area contributed by atoms with E-state index in [0.29, 0.717) is 29.5 Å². The first-order valence-corrected chi connectivity index (χ1v) is 11.6. The summed E-state index contributed by atoms with van der Waals surface area (Å²) >= 11 is 0. The molecule has 2 aromatic rings. The molecule has 2 aliphatic rings. The normalized spacial score (nSPS) is 17.3. The molecular formula is C23H26N2O4S. The minimum absolute atomic E-state index is 0.0946. The van der Waals surface area contributed by atoms with Crippen molar-refractivity contribution in [3.8, 4) is 5.75 Å². The molecule has 2 aromatic carbocycles. The van der Waals surface area contributed by atoms with Crippen LogP contribution in [0.4, 0.5) is 0 Å². The average Bonchev–Trinajstić information content (AvgIpc) is 2.78. The van der Waals surface area contributed by atoms with Gasteiger partial charge in [-0.25, -0.2) is 8.42 Å². The first kappa shape index (κ1) is 20.6. The van der Waals surface area contributed by atoms with E-state index in [1.807, 2.05) is 42.5 Å². The summed E-state index contributed by atoms with van der Waals surface area (Å²) in [6.45, 7) is 5.67. The molecule has 0 N–H and O–H groups in total. The summed E-state index contributed by atoms with van der Waals surface area (Å²) in [6.07, 6.45) is 1.86. The zero-order chi connectivity index (χ0) is 21.3. The molecule has 0 spiro atoms. The maximum Gasteiger partial charge on any atom is 0.253 e. The Kier molecular flexibility index (Phi) is 5.66. The van der Waals surface area contributed by atoms with Crippen molar-refractivity contribution in [1.29, 1.82) is 0 Å². The van der Waals surface area contributed by atoms with Crippen LogP contribution < -0.4 is 4.74 Å². The lowest BCUT2D eigenvalue weighted by atomic mass is 10.0. The SMILES string of the molecule is CC(C)c1ccc(S(=O)(=O)N2CCN(C(=O)C3=Cc4ccccc4OC3)CC2)cc1. The van der Waals surface area contributed by atoms with Crippen molar-refractivity contribution in [2.75, 3.05) is 32.8 Å². The predicted molar refractivity (Wildman–Crippen MR) is 116 cm³/mol. The van der Waals surface area contributed by atoms with Gasteiger partial charge in [0.25, 0.3) is 5.91 Å². The lowest BCUT2D eigenvalue weighted by Gasteiger charge is -2.34. The Labute approximate surface area is 177 Å². The van der Waals surface area contributed by atoms with Gasteiger partial charge in [0.2, 0.25) is 10.0 Å². The molecule has 0 bridgehead atoms. The third-order valence-electron chi connectivity index (χ3n) is 5.62. The van der Waals surface area contributed by atoms with Crippen molar-refractivity contribution in [2.24, 2.45) is 0 Å². The van der Waals surface area contributed by atoms with E-state index in [1.165, 1.54) is 4.31 Å². The fourth-order valence-corrected chi connectivity index (χ4v) is 5.17. The highest BCUT2D eigenvalue weighted by Gasteiger charge is 2.31. The molecule has 2 heterocycles. The Morgan fingerprint density at radius 1 is 0.967 bits per heavy atom. The molecule has 0 unspecified atom stereocenters. The Morgan fingerprint density at radius 3 is 2.30 bits per heavy atom. The second-order valence-corrected chi connectivity index (χ2v) is 9.85. The molecule has 0 saturated carbocycles. The number of hydrogen-bond acceptors (Lipinski definition) is 4. The highest BCUT2D eigenvalue weighted by atomic mass is 32.2. The van der Waals surface area contributed by atoms with Gasteiger partial charge in [-0.3, -0.25) is 4.79 Å².